The summed E-state index contributed by atoms with van der Waals surface area (Å²) in [6.45, 7) is 8.76. The van der Waals surface area contributed by atoms with E-state index in [2.05, 4.69) is 88.4 Å². The first-order valence-corrected chi connectivity index (χ1v) is 11.2. The number of hydrogen-bond donors (Lipinski definition) is 0. The summed E-state index contributed by atoms with van der Waals surface area (Å²) in [7, 11) is 0. The standard InChI is InChI=1S/C26H33N3O/c1-22(20-23-8-4-2-5-9-23)21-27-14-12-24(13-15-27)26(30)29-18-16-28(17-19-29)25-10-6-3-7-11-25/h2-11,20,24H,12-19,21H2,1H3/b22-20+. The fraction of sp³-hybridized carbons (Fsp3) is 0.423. The molecule has 4 rings (SSSR count). The van der Waals surface area contributed by atoms with Crippen LogP contribution < -0.4 is 4.90 Å². The van der Waals surface area contributed by atoms with E-state index >= 15 is 0 Å². The molecule has 2 aromatic rings. The van der Waals surface area contributed by atoms with Gasteiger partial charge in [-0.3, -0.25) is 9.69 Å². The zero-order chi connectivity index (χ0) is 20.8. The number of carbonyl (C=O) groups is 1. The summed E-state index contributed by atoms with van der Waals surface area (Å²) in [6.07, 6.45) is 4.23. The van der Waals surface area contributed by atoms with Gasteiger partial charge in [0, 0.05) is 44.3 Å². The lowest BCUT2D eigenvalue weighted by molar-refractivity contribution is -0.137. The van der Waals surface area contributed by atoms with E-state index in [9.17, 15) is 4.79 Å². The number of anilines is 1. The molecule has 30 heavy (non-hydrogen) atoms. The zero-order valence-electron chi connectivity index (χ0n) is 18.0. The van der Waals surface area contributed by atoms with Gasteiger partial charge in [-0.2, -0.15) is 0 Å². The van der Waals surface area contributed by atoms with Crippen molar-refractivity contribution in [2.45, 2.75) is 19.8 Å². The van der Waals surface area contributed by atoms with Crippen molar-refractivity contribution in [3.05, 3.63) is 71.8 Å². The number of para-hydroxylation sites is 1. The maximum atomic E-state index is 13.0. The molecule has 0 N–H and O–H groups in total. The van der Waals surface area contributed by atoms with E-state index in [1.165, 1.54) is 16.8 Å². The highest BCUT2D eigenvalue weighted by molar-refractivity contribution is 5.79. The number of benzene rings is 2. The molecule has 0 spiro atoms. The number of likely N-dealkylation sites (tertiary alicyclic amines) is 1. The van der Waals surface area contributed by atoms with Crippen LogP contribution in [0.15, 0.2) is 66.2 Å². The van der Waals surface area contributed by atoms with Crippen molar-refractivity contribution >= 4 is 17.7 Å². The number of piperidine rings is 1. The van der Waals surface area contributed by atoms with Crippen LogP contribution in [0.25, 0.3) is 6.08 Å². The Bertz CT molecular complexity index is 833. The van der Waals surface area contributed by atoms with Crippen LogP contribution in [-0.2, 0) is 4.79 Å². The third-order valence-electron chi connectivity index (χ3n) is 6.34. The molecule has 2 aliphatic rings. The molecule has 0 aliphatic carbocycles. The number of piperazine rings is 1. The van der Waals surface area contributed by atoms with Crippen LogP contribution in [0.3, 0.4) is 0 Å². The lowest BCUT2D eigenvalue weighted by Gasteiger charge is -2.39. The van der Waals surface area contributed by atoms with Gasteiger partial charge in [0.1, 0.15) is 0 Å². The highest BCUT2D eigenvalue weighted by Crippen LogP contribution is 2.23. The van der Waals surface area contributed by atoms with Crippen LogP contribution in [-0.4, -0.2) is 61.5 Å². The van der Waals surface area contributed by atoms with Gasteiger partial charge in [-0.25, -0.2) is 0 Å². The minimum Gasteiger partial charge on any atom is -0.368 e. The summed E-state index contributed by atoms with van der Waals surface area (Å²) in [5.41, 5.74) is 3.90. The van der Waals surface area contributed by atoms with Crippen molar-refractivity contribution in [2.75, 3.05) is 50.7 Å². The summed E-state index contributed by atoms with van der Waals surface area (Å²) in [4.78, 5) is 20.0. The molecule has 0 atom stereocenters. The van der Waals surface area contributed by atoms with Crippen LogP contribution in [0, 0.1) is 5.92 Å². The van der Waals surface area contributed by atoms with Gasteiger partial charge in [0.05, 0.1) is 0 Å². The van der Waals surface area contributed by atoms with Gasteiger partial charge < -0.3 is 9.80 Å². The van der Waals surface area contributed by atoms with E-state index in [-0.39, 0.29) is 5.92 Å². The second-order valence-electron chi connectivity index (χ2n) is 8.60. The topological polar surface area (TPSA) is 26.8 Å². The number of rotatable bonds is 5. The molecule has 2 aromatic carbocycles. The summed E-state index contributed by atoms with van der Waals surface area (Å²) in [6, 6.07) is 21.0. The van der Waals surface area contributed by atoms with Crippen molar-refractivity contribution in [2.24, 2.45) is 5.92 Å². The molecule has 158 valence electrons. The SMILES string of the molecule is C/C(=C\c1ccccc1)CN1CCC(C(=O)N2CCN(c3ccccc3)CC2)CC1. The normalized spacial score (nSPS) is 19.2. The minimum absolute atomic E-state index is 0.197. The van der Waals surface area contributed by atoms with E-state index in [0.29, 0.717) is 5.91 Å². The highest BCUT2D eigenvalue weighted by atomic mass is 16.2. The molecule has 0 unspecified atom stereocenters. The molecule has 2 saturated heterocycles. The second-order valence-corrected chi connectivity index (χ2v) is 8.60. The molecule has 0 aromatic heterocycles. The van der Waals surface area contributed by atoms with E-state index < -0.39 is 0 Å². The molecule has 4 heteroatoms. The van der Waals surface area contributed by atoms with E-state index in [1.807, 2.05) is 0 Å². The molecule has 0 saturated carbocycles. The van der Waals surface area contributed by atoms with Crippen LogP contribution in [0.5, 0.6) is 0 Å². The van der Waals surface area contributed by atoms with E-state index in [1.54, 1.807) is 0 Å². The Balaban J connectivity index is 1.22. The summed E-state index contributed by atoms with van der Waals surface area (Å²) in [5.74, 6) is 0.571. The predicted molar refractivity (Wildman–Crippen MR) is 124 cm³/mol. The molecule has 0 bridgehead atoms. The fourth-order valence-electron chi connectivity index (χ4n) is 4.65. The first-order chi connectivity index (χ1) is 14.7. The van der Waals surface area contributed by atoms with Crippen LogP contribution in [0.1, 0.15) is 25.3 Å². The van der Waals surface area contributed by atoms with E-state index in [0.717, 1.165) is 58.7 Å². The van der Waals surface area contributed by atoms with Crippen molar-refractivity contribution in [3.8, 4) is 0 Å². The summed E-state index contributed by atoms with van der Waals surface area (Å²) < 4.78 is 0. The molecule has 1 amide bonds. The maximum absolute atomic E-state index is 13.0. The number of carbonyl (C=O) groups excluding carboxylic acids is 1. The lowest BCUT2D eigenvalue weighted by atomic mass is 9.94. The van der Waals surface area contributed by atoms with Gasteiger partial charge in [0.25, 0.3) is 0 Å². The first kappa shape index (κ1) is 20.7. The van der Waals surface area contributed by atoms with Gasteiger partial charge >= 0.3 is 0 Å². The van der Waals surface area contributed by atoms with Crippen molar-refractivity contribution in [1.82, 2.24) is 9.80 Å². The lowest BCUT2D eigenvalue weighted by Crippen LogP contribution is -2.51. The van der Waals surface area contributed by atoms with Crippen molar-refractivity contribution in [3.63, 3.8) is 0 Å². The Morgan fingerprint density at radius 3 is 2.10 bits per heavy atom. The zero-order valence-corrected chi connectivity index (χ0v) is 18.0. The molecule has 2 heterocycles. The van der Waals surface area contributed by atoms with Gasteiger partial charge in [0.2, 0.25) is 5.91 Å². The Morgan fingerprint density at radius 2 is 1.47 bits per heavy atom. The minimum atomic E-state index is 0.197. The third kappa shape index (κ3) is 5.31. The Labute approximate surface area is 180 Å². The van der Waals surface area contributed by atoms with Crippen LogP contribution in [0.2, 0.25) is 0 Å². The number of hydrogen-bond acceptors (Lipinski definition) is 3. The molecule has 2 fully saturated rings. The van der Waals surface area contributed by atoms with Gasteiger partial charge in [-0.05, 0) is 50.6 Å². The monoisotopic (exact) mass is 403 g/mol. The van der Waals surface area contributed by atoms with Crippen molar-refractivity contribution < 1.29 is 4.79 Å². The van der Waals surface area contributed by atoms with Crippen LogP contribution in [0.4, 0.5) is 5.69 Å². The molecule has 4 nitrogen and oxygen atoms in total. The Hall–Kier alpha value is -2.59. The van der Waals surface area contributed by atoms with Gasteiger partial charge in [-0.15, -0.1) is 0 Å². The van der Waals surface area contributed by atoms with Crippen LogP contribution >= 0.6 is 0 Å². The Morgan fingerprint density at radius 1 is 0.867 bits per heavy atom. The number of nitrogens with zero attached hydrogens (tertiary/aromatic N) is 3. The average Bonchev–Trinajstić information content (AvgIpc) is 2.80. The smallest absolute Gasteiger partial charge is 0.225 e. The Kier molecular flexibility index (Phi) is 6.85. The number of amides is 1. The van der Waals surface area contributed by atoms with Gasteiger partial charge in [0.15, 0.2) is 0 Å². The quantitative estimate of drug-likeness (QED) is 0.750. The second kappa shape index (κ2) is 9.94. The van der Waals surface area contributed by atoms with Crippen molar-refractivity contribution in [1.29, 1.82) is 0 Å². The largest absolute Gasteiger partial charge is 0.368 e. The molecular weight excluding hydrogens is 370 g/mol. The summed E-state index contributed by atoms with van der Waals surface area (Å²) in [5, 5.41) is 0. The molecular formula is C26H33N3O. The predicted octanol–water partition coefficient (Wildman–Crippen LogP) is 4.15. The summed E-state index contributed by atoms with van der Waals surface area (Å²) >= 11 is 0. The third-order valence-corrected chi connectivity index (χ3v) is 6.34. The molecule has 2 aliphatic heterocycles. The fourth-order valence-corrected chi connectivity index (χ4v) is 4.65. The van der Waals surface area contributed by atoms with E-state index in [4.69, 9.17) is 0 Å². The highest BCUT2D eigenvalue weighted by Gasteiger charge is 2.30. The first-order valence-electron chi connectivity index (χ1n) is 11.2. The molecule has 0 radical (unpaired) electrons. The average molecular weight is 404 g/mol. The van der Waals surface area contributed by atoms with Gasteiger partial charge in [-0.1, -0.05) is 60.2 Å². The maximum Gasteiger partial charge on any atom is 0.225 e.